The molecule has 102 valence electrons. The van der Waals surface area contributed by atoms with Gasteiger partial charge >= 0.3 is 0 Å². The first-order valence-corrected chi connectivity index (χ1v) is 7.29. The molecule has 0 saturated carbocycles. The van der Waals surface area contributed by atoms with Gasteiger partial charge in [0.25, 0.3) is 0 Å². The number of methoxy groups -OCH3 is 1. The van der Waals surface area contributed by atoms with Gasteiger partial charge in [-0.2, -0.15) is 0 Å². The highest BCUT2D eigenvalue weighted by molar-refractivity contribution is 7.09. The maximum Gasteiger partial charge on any atom is 0.216 e. The topological polar surface area (TPSA) is 61.0 Å². The summed E-state index contributed by atoms with van der Waals surface area (Å²) in [4.78, 5) is 9.63. The highest BCUT2D eigenvalue weighted by Crippen LogP contribution is 2.14. The van der Waals surface area contributed by atoms with Gasteiger partial charge < -0.3 is 10.5 Å². The average molecular weight is 277 g/mol. The summed E-state index contributed by atoms with van der Waals surface area (Å²) in [5.41, 5.74) is 7.08. The molecule has 0 bridgehead atoms. The molecular formula is C14H19N3OS. The Labute approximate surface area is 117 Å². The van der Waals surface area contributed by atoms with E-state index in [1.165, 1.54) is 11.2 Å². The van der Waals surface area contributed by atoms with Crippen molar-refractivity contribution in [3.05, 3.63) is 40.5 Å². The van der Waals surface area contributed by atoms with Crippen molar-refractivity contribution in [3.8, 4) is 5.88 Å². The number of aromatic nitrogens is 2. The van der Waals surface area contributed by atoms with Crippen molar-refractivity contribution in [1.29, 1.82) is 0 Å². The zero-order valence-electron chi connectivity index (χ0n) is 11.1. The monoisotopic (exact) mass is 277 g/mol. The smallest absolute Gasteiger partial charge is 0.216 e. The van der Waals surface area contributed by atoms with Crippen LogP contribution in [0.15, 0.2) is 29.9 Å². The first-order valence-electron chi connectivity index (χ1n) is 6.41. The normalized spacial score (nSPS) is 12.3. The van der Waals surface area contributed by atoms with Crippen LogP contribution in [-0.4, -0.2) is 23.1 Å². The van der Waals surface area contributed by atoms with Crippen LogP contribution in [0.3, 0.4) is 0 Å². The maximum absolute atomic E-state index is 6.14. The average Bonchev–Trinajstić information content (AvgIpc) is 2.92. The second kappa shape index (κ2) is 7.21. The lowest BCUT2D eigenvalue weighted by Gasteiger charge is -2.10. The molecule has 0 aliphatic carbocycles. The van der Waals surface area contributed by atoms with E-state index >= 15 is 0 Å². The van der Waals surface area contributed by atoms with Gasteiger partial charge in [0.05, 0.1) is 7.11 Å². The predicted molar refractivity (Wildman–Crippen MR) is 77.5 cm³/mol. The Bertz CT molecular complexity index is 487. The Morgan fingerprint density at radius 3 is 3.05 bits per heavy atom. The molecule has 5 heteroatoms. The Morgan fingerprint density at radius 2 is 2.32 bits per heavy atom. The molecule has 2 aromatic rings. The Balaban J connectivity index is 1.75. The van der Waals surface area contributed by atoms with E-state index in [-0.39, 0.29) is 6.04 Å². The van der Waals surface area contributed by atoms with Gasteiger partial charge in [0.1, 0.15) is 6.33 Å². The molecule has 0 aliphatic rings. The van der Waals surface area contributed by atoms with Gasteiger partial charge in [-0.05, 0) is 30.7 Å². The number of thiophene rings is 1. The van der Waals surface area contributed by atoms with Crippen LogP contribution in [0.5, 0.6) is 5.88 Å². The molecule has 0 radical (unpaired) electrons. The first kappa shape index (κ1) is 14.0. The van der Waals surface area contributed by atoms with E-state index in [9.17, 15) is 0 Å². The van der Waals surface area contributed by atoms with Gasteiger partial charge in [0.2, 0.25) is 5.88 Å². The molecule has 0 aromatic carbocycles. The van der Waals surface area contributed by atoms with E-state index in [1.807, 2.05) is 6.07 Å². The van der Waals surface area contributed by atoms with Gasteiger partial charge in [-0.1, -0.05) is 6.07 Å². The standard InChI is InChI=1S/C14H19N3OS/c1-18-14-9-12(16-10-17-14)8-11(15)4-2-5-13-6-3-7-19-13/h3,6-7,9-11H,2,4-5,8,15H2,1H3. The lowest BCUT2D eigenvalue weighted by atomic mass is 10.0. The van der Waals surface area contributed by atoms with Gasteiger partial charge in [-0.3, -0.25) is 0 Å². The van der Waals surface area contributed by atoms with Crippen molar-refractivity contribution >= 4 is 11.3 Å². The lowest BCUT2D eigenvalue weighted by Crippen LogP contribution is -2.23. The Kier molecular flexibility index (Phi) is 5.30. The van der Waals surface area contributed by atoms with Crippen LogP contribution in [0.2, 0.25) is 0 Å². The van der Waals surface area contributed by atoms with Crippen molar-refractivity contribution in [2.45, 2.75) is 31.7 Å². The van der Waals surface area contributed by atoms with E-state index in [4.69, 9.17) is 10.5 Å². The Hall–Kier alpha value is -1.46. The van der Waals surface area contributed by atoms with Crippen LogP contribution in [0.25, 0.3) is 0 Å². The Morgan fingerprint density at radius 1 is 1.42 bits per heavy atom. The quantitative estimate of drug-likeness (QED) is 0.844. The minimum absolute atomic E-state index is 0.138. The zero-order chi connectivity index (χ0) is 13.5. The number of aryl methyl sites for hydroxylation is 1. The molecule has 0 spiro atoms. The van der Waals surface area contributed by atoms with E-state index in [1.54, 1.807) is 18.4 Å². The number of hydrogen-bond acceptors (Lipinski definition) is 5. The largest absolute Gasteiger partial charge is 0.481 e. The fraction of sp³-hybridized carbons (Fsp3) is 0.429. The minimum Gasteiger partial charge on any atom is -0.481 e. The van der Waals surface area contributed by atoms with Gasteiger partial charge in [-0.25, -0.2) is 9.97 Å². The number of hydrogen-bond donors (Lipinski definition) is 1. The molecule has 0 saturated heterocycles. The summed E-state index contributed by atoms with van der Waals surface area (Å²) in [7, 11) is 1.60. The second-order valence-electron chi connectivity index (χ2n) is 4.49. The van der Waals surface area contributed by atoms with Crippen LogP contribution in [0.4, 0.5) is 0 Å². The highest BCUT2D eigenvalue weighted by atomic mass is 32.1. The molecule has 0 fully saturated rings. The first-order chi connectivity index (χ1) is 9.28. The molecule has 2 rings (SSSR count). The summed E-state index contributed by atoms with van der Waals surface area (Å²) in [6.07, 6.45) is 5.52. The van der Waals surface area contributed by atoms with Crippen LogP contribution < -0.4 is 10.5 Å². The third-order valence-electron chi connectivity index (χ3n) is 2.96. The lowest BCUT2D eigenvalue weighted by molar-refractivity contribution is 0.395. The summed E-state index contributed by atoms with van der Waals surface area (Å²) >= 11 is 1.81. The van der Waals surface area contributed by atoms with E-state index < -0.39 is 0 Å². The SMILES string of the molecule is COc1cc(CC(N)CCCc2cccs2)ncn1. The third-order valence-corrected chi connectivity index (χ3v) is 3.89. The van der Waals surface area contributed by atoms with Crippen molar-refractivity contribution in [2.24, 2.45) is 5.73 Å². The minimum atomic E-state index is 0.138. The van der Waals surface area contributed by atoms with Gasteiger partial charge in [0.15, 0.2) is 0 Å². The maximum atomic E-state index is 6.14. The van der Waals surface area contributed by atoms with Crippen molar-refractivity contribution in [2.75, 3.05) is 7.11 Å². The van der Waals surface area contributed by atoms with Crippen LogP contribution in [0.1, 0.15) is 23.4 Å². The molecule has 4 nitrogen and oxygen atoms in total. The summed E-state index contributed by atoms with van der Waals surface area (Å²) in [5.74, 6) is 0.593. The van der Waals surface area contributed by atoms with Gasteiger partial charge in [-0.15, -0.1) is 11.3 Å². The van der Waals surface area contributed by atoms with Crippen molar-refractivity contribution in [1.82, 2.24) is 9.97 Å². The number of nitrogens with zero attached hydrogens (tertiary/aromatic N) is 2. The fourth-order valence-electron chi connectivity index (χ4n) is 1.96. The van der Waals surface area contributed by atoms with E-state index in [0.29, 0.717) is 5.88 Å². The summed E-state index contributed by atoms with van der Waals surface area (Å²) < 4.78 is 5.08. The molecule has 2 heterocycles. The zero-order valence-corrected chi connectivity index (χ0v) is 11.9. The van der Waals surface area contributed by atoms with Crippen molar-refractivity contribution in [3.63, 3.8) is 0 Å². The molecule has 2 aromatic heterocycles. The molecule has 2 N–H and O–H groups in total. The molecule has 1 unspecified atom stereocenters. The third kappa shape index (κ3) is 4.61. The fourth-order valence-corrected chi connectivity index (χ4v) is 2.72. The molecule has 19 heavy (non-hydrogen) atoms. The molecule has 0 aliphatic heterocycles. The summed E-state index contributed by atoms with van der Waals surface area (Å²) in [6.45, 7) is 0. The number of ether oxygens (including phenoxy) is 1. The van der Waals surface area contributed by atoms with Gasteiger partial charge in [0, 0.05) is 29.1 Å². The van der Waals surface area contributed by atoms with E-state index in [2.05, 4.69) is 27.5 Å². The molecule has 1 atom stereocenters. The summed E-state index contributed by atoms with van der Waals surface area (Å²) in [5, 5.41) is 2.11. The summed E-state index contributed by atoms with van der Waals surface area (Å²) in [6, 6.07) is 6.25. The van der Waals surface area contributed by atoms with Crippen molar-refractivity contribution < 1.29 is 4.74 Å². The number of nitrogens with two attached hydrogens (primary N) is 1. The van der Waals surface area contributed by atoms with Crippen LogP contribution in [0, 0.1) is 0 Å². The number of rotatable bonds is 7. The second-order valence-corrected chi connectivity index (χ2v) is 5.52. The van der Waals surface area contributed by atoms with Crippen LogP contribution >= 0.6 is 11.3 Å². The predicted octanol–water partition coefficient (Wildman–Crippen LogP) is 2.44. The molecular weight excluding hydrogens is 258 g/mol. The van der Waals surface area contributed by atoms with Crippen LogP contribution in [-0.2, 0) is 12.8 Å². The van der Waals surface area contributed by atoms with E-state index in [0.717, 1.165) is 31.4 Å². The highest BCUT2D eigenvalue weighted by Gasteiger charge is 2.07. The molecule has 0 amide bonds.